The summed E-state index contributed by atoms with van der Waals surface area (Å²) in [6.45, 7) is 0. The Morgan fingerprint density at radius 2 is 1.70 bits per heavy atom. The maximum atomic E-state index is 13.5. The first-order valence-corrected chi connectivity index (χ1v) is 9.68. The van der Waals surface area contributed by atoms with Crippen LogP contribution in [0.3, 0.4) is 0 Å². The molecule has 3 aromatic carbocycles. The van der Waals surface area contributed by atoms with Crippen molar-refractivity contribution in [3.05, 3.63) is 95.3 Å². The van der Waals surface area contributed by atoms with E-state index >= 15 is 0 Å². The molecule has 0 aromatic heterocycles. The first-order valence-electron chi connectivity index (χ1n) is 9.68. The summed E-state index contributed by atoms with van der Waals surface area (Å²) >= 11 is 0. The molecule has 2 aliphatic heterocycles. The number of hydrogen-bond acceptors (Lipinski definition) is 5. The van der Waals surface area contributed by atoms with Crippen LogP contribution < -0.4 is 19.6 Å². The van der Waals surface area contributed by atoms with E-state index in [1.165, 1.54) is 12.1 Å². The molecule has 5 rings (SSSR count). The van der Waals surface area contributed by atoms with Gasteiger partial charge in [-0.1, -0.05) is 24.3 Å². The highest BCUT2D eigenvalue weighted by Crippen LogP contribution is 2.49. The predicted octanol–water partition coefficient (Wildman–Crippen LogP) is 4.84. The highest BCUT2D eigenvalue weighted by atomic mass is 19.1. The van der Waals surface area contributed by atoms with Crippen molar-refractivity contribution in [1.82, 2.24) is 10.4 Å². The zero-order valence-electron chi connectivity index (χ0n) is 16.6. The third-order valence-corrected chi connectivity index (χ3v) is 5.46. The molecule has 0 aliphatic carbocycles. The van der Waals surface area contributed by atoms with Gasteiger partial charge >= 0.3 is 0 Å². The second-order valence-corrected chi connectivity index (χ2v) is 7.17. The quantitative estimate of drug-likeness (QED) is 0.674. The second-order valence-electron chi connectivity index (χ2n) is 7.17. The van der Waals surface area contributed by atoms with Gasteiger partial charge in [0, 0.05) is 11.1 Å². The number of nitrogens with one attached hydrogen (secondary N) is 1. The molecule has 2 heterocycles. The maximum absolute atomic E-state index is 13.5. The first-order chi connectivity index (χ1) is 14.7. The van der Waals surface area contributed by atoms with Gasteiger partial charge in [-0.3, -0.25) is 0 Å². The maximum Gasteiger partial charge on any atom is 0.196 e. The molecule has 0 saturated carbocycles. The fraction of sp³-hybridized carbons (Fsp3) is 0.167. The van der Waals surface area contributed by atoms with Gasteiger partial charge in [0.15, 0.2) is 17.7 Å². The van der Waals surface area contributed by atoms with E-state index in [-0.39, 0.29) is 11.9 Å². The van der Waals surface area contributed by atoms with Crippen molar-refractivity contribution in [3.8, 4) is 17.2 Å². The molecule has 1 N–H and O–H groups in total. The van der Waals surface area contributed by atoms with Gasteiger partial charge in [-0.2, -0.15) is 5.01 Å². The average Bonchev–Trinajstić information content (AvgIpc) is 3.24. The monoisotopic (exact) mass is 404 g/mol. The third-order valence-electron chi connectivity index (χ3n) is 5.46. The fourth-order valence-corrected chi connectivity index (χ4v) is 3.94. The number of fused-ring (bicyclic) bond motifs is 3. The third kappa shape index (κ3) is 3.06. The van der Waals surface area contributed by atoms with Gasteiger partial charge in [0.25, 0.3) is 0 Å². The van der Waals surface area contributed by atoms with E-state index in [1.807, 2.05) is 47.5 Å². The van der Waals surface area contributed by atoms with Crippen LogP contribution in [0.2, 0.25) is 0 Å². The number of rotatable bonds is 4. The van der Waals surface area contributed by atoms with E-state index in [4.69, 9.17) is 14.2 Å². The van der Waals surface area contributed by atoms with Crippen LogP contribution in [-0.2, 0) is 0 Å². The van der Waals surface area contributed by atoms with Crippen LogP contribution in [0.25, 0.3) is 5.70 Å². The summed E-state index contributed by atoms with van der Waals surface area (Å²) in [5.74, 6) is 1.89. The molecule has 0 unspecified atom stereocenters. The molecule has 0 amide bonds. The lowest BCUT2D eigenvalue weighted by Crippen LogP contribution is -2.43. The Morgan fingerprint density at radius 3 is 2.40 bits per heavy atom. The zero-order valence-corrected chi connectivity index (χ0v) is 16.6. The van der Waals surface area contributed by atoms with E-state index in [1.54, 1.807) is 26.4 Å². The van der Waals surface area contributed by atoms with Crippen LogP contribution in [-0.4, -0.2) is 19.2 Å². The minimum Gasteiger partial charge on any atom is -0.497 e. The fourth-order valence-electron chi connectivity index (χ4n) is 3.94. The Labute approximate surface area is 174 Å². The number of hydrogen-bond donors (Lipinski definition) is 1. The van der Waals surface area contributed by atoms with Crippen LogP contribution in [0, 0.1) is 5.82 Å². The smallest absolute Gasteiger partial charge is 0.196 e. The van der Waals surface area contributed by atoms with Crippen molar-refractivity contribution in [2.75, 3.05) is 14.2 Å². The molecular formula is C24H21FN2O3. The van der Waals surface area contributed by atoms with Crippen LogP contribution in [0.15, 0.2) is 72.8 Å². The average molecular weight is 404 g/mol. The van der Waals surface area contributed by atoms with Crippen molar-refractivity contribution in [1.29, 1.82) is 0 Å². The lowest BCUT2D eigenvalue weighted by molar-refractivity contribution is -0.0343. The summed E-state index contributed by atoms with van der Waals surface area (Å²) in [7, 11) is 3.28. The van der Waals surface area contributed by atoms with Crippen LogP contribution >= 0.6 is 0 Å². The SMILES string of the molecule is COc1ccc(C2=C[C@@H]3c4cccc(OC)c4O[C@@H](c4ccc(F)cc4)N3N2)cc1. The van der Waals surface area contributed by atoms with Gasteiger partial charge in [-0.15, -0.1) is 0 Å². The number of halogens is 1. The van der Waals surface area contributed by atoms with Gasteiger partial charge in [-0.25, -0.2) is 4.39 Å². The molecule has 5 nitrogen and oxygen atoms in total. The van der Waals surface area contributed by atoms with Gasteiger partial charge in [-0.05, 0) is 54.1 Å². The minimum absolute atomic E-state index is 0.0731. The van der Waals surface area contributed by atoms with Crippen LogP contribution in [0.5, 0.6) is 17.2 Å². The van der Waals surface area contributed by atoms with Gasteiger partial charge in [0.05, 0.1) is 26.0 Å². The number of nitrogens with zero attached hydrogens (tertiary/aromatic N) is 1. The van der Waals surface area contributed by atoms with E-state index in [9.17, 15) is 4.39 Å². The highest BCUT2D eigenvalue weighted by molar-refractivity contribution is 5.68. The number of ether oxygens (including phenoxy) is 3. The van der Waals surface area contributed by atoms with E-state index in [0.29, 0.717) is 11.5 Å². The van der Waals surface area contributed by atoms with Crippen molar-refractivity contribution >= 4 is 5.70 Å². The summed E-state index contributed by atoms with van der Waals surface area (Å²) < 4.78 is 30.7. The van der Waals surface area contributed by atoms with Gasteiger partial charge in [0.1, 0.15) is 11.6 Å². The number of hydrazine groups is 1. The van der Waals surface area contributed by atoms with Crippen molar-refractivity contribution in [3.63, 3.8) is 0 Å². The van der Waals surface area contributed by atoms with Gasteiger partial charge in [0.2, 0.25) is 0 Å². The van der Waals surface area contributed by atoms with E-state index in [2.05, 4.69) is 11.5 Å². The van der Waals surface area contributed by atoms with E-state index in [0.717, 1.165) is 28.1 Å². The molecule has 0 bridgehead atoms. The van der Waals surface area contributed by atoms with Crippen LogP contribution in [0.4, 0.5) is 4.39 Å². The molecule has 6 heteroatoms. The summed E-state index contributed by atoms with van der Waals surface area (Å²) in [5, 5.41) is 2.04. The van der Waals surface area contributed by atoms with Crippen LogP contribution in [0.1, 0.15) is 29.0 Å². The summed E-state index contributed by atoms with van der Waals surface area (Å²) in [6, 6.07) is 20.0. The second kappa shape index (κ2) is 7.39. The standard InChI is InChI=1S/C24H21FN2O3/c1-28-18-12-8-15(9-13-18)20-14-21-19-4-3-5-22(29-2)23(19)30-24(27(21)26-20)16-6-10-17(25)11-7-16/h3-14,21,24,26H,1-2H3/t21-,24+/m1/s1. The topological polar surface area (TPSA) is 43.0 Å². The number of methoxy groups -OCH3 is 2. The molecule has 0 saturated heterocycles. The normalized spacial score (nSPS) is 19.8. The molecule has 152 valence electrons. The predicted molar refractivity (Wildman–Crippen MR) is 111 cm³/mol. The molecule has 0 fully saturated rings. The molecular weight excluding hydrogens is 383 g/mol. The Kier molecular flexibility index (Phi) is 4.56. The Balaban J connectivity index is 1.58. The molecule has 2 atom stereocenters. The lowest BCUT2D eigenvalue weighted by Gasteiger charge is -2.39. The Morgan fingerprint density at radius 1 is 0.933 bits per heavy atom. The number of para-hydroxylation sites is 1. The molecule has 2 aliphatic rings. The minimum atomic E-state index is -0.452. The highest BCUT2D eigenvalue weighted by Gasteiger charge is 2.41. The van der Waals surface area contributed by atoms with Crippen molar-refractivity contribution < 1.29 is 18.6 Å². The first kappa shape index (κ1) is 18.5. The Bertz CT molecular complexity index is 1100. The van der Waals surface area contributed by atoms with Crippen molar-refractivity contribution in [2.45, 2.75) is 12.3 Å². The molecule has 30 heavy (non-hydrogen) atoms. The van der Waals surface area contributed by atoms with E-state index < -0.39 is 6.23 Å². The molecule has 0 radical (unpaired) electrons. The Hall–Kier alpha value is -3.51. The number of benzene rings is 3. The largest absolute Gasteiger partial charge is 0.497 e. The summed E-state index contributed by atoms with van der Waals surface area (Å²) in [5.41, 5.74) is 7.33. The molecule has 3 aromatic rings. The van der Waals surface area contributed by atoms with Gasteiger partial charge < -0.3 is 19.6 Å². The van der Waals surface area contributed by atoms with Crippen molar-refractivity contribution in [2.24, 2.45) is 0 Å². The summed E-state index contributed by atoms with van der Waals surface area (Å²) in [4.78, 5) is 0. The molecule has 0 spiro atoms. The zero-order chi connectivity index (χ0) is 20.7. The lowest BCUT2D eigenvalue weighted by atomic mass is 10.00. The summed E-state index contributed by atoms with van der Waals surface area (Å²) in [6.07, 6.45) is 1.71.